The number of aliphatic imine (C=N–C) groups is 1. The van der Waals surface area contributed by atoms with Crippen molar-refractivity contribution in [2.24, 2.45) is 4.99 Å². The summed E-state index contributed by atoms with van der Waals surface area (Å²) in [6.45, 7) is 3.03. The summed E-state index contributed by atoms with van der Waals surface area (Å²) in [5.74, 6) is 0.773. The smallest absolute Gasteiger partial charge is 0.157 e. The molecular formula is C15H17N5. The van der Waals surface area contributed by atoms with Crippen LogP contribution in [0.2, 0.25) is 0 Å². The van der Waals surface area contributed by atoms with E-state index in [0.717, 1.165) is 35.7 Å². The third-order valence-electron chi connectivity index (χ3n) is 3.14. The number of aromatic nitrogens is 2. The van der Waals surface area contributed by atoms with Gasteiger partial charge in [0.25, 0.3) is 0 Å². The average Bonchev–Trinajstić information content (AvgIpc) is 2.53. The minimum absolute atomic E-state index is 0.108. The van der Waals surface area contributed by atoms with Gasteiger partial charge in [-0.2, -0.15) is 0 Å². The van der Waals surface area contributed by atoms with Gasteiger partial charge in [0, 0.05) is 5.56 Å². The van der Waals surface area contributed by atoms with Crippen LogP contribution in [-0.4, -0.2) is 22.9 Å². The Morgan fingerprint density at radius 1 is 1.25 bits per heavy atom. The first-order chi connectivity index (χ1) is 9.88. The van der Waals surface area contributed by atoms with Crippen LogP contribution < -0.4 is 10.6 Å². The summed E-state index contributed by atoms with van der Waals surface area (Å²) >= 11 is 0. The molecule has 2 aromatic rings. The molecule has 2 N–H and O–H groups in total. The van der Waals surface area contributed by atoms with Crippen molar-refractivity contribution in [1.29, 1.82) is 0 Å². The van der Waals surface area contributed by atoms with Crippen LogP contribution in [0, 0.1) is 0 Å². The lowest BCUT2D eigenvalue weighted by atomic mass is 10.1. The molecule has 0 saturated heterocycles. The summed E-state index contributed by atoms with van der Waals surface area (Å²) in [5, 5.41) is 6.42. The van der Waals surface area contributed by atoms with Crippen molar-refractivity contribution in [3.05, 3.63) is 42.2 Å². The molecule has 5 nitrogen and oxygen atoms in total. The third-order valence-corrected chi connectivity index (χ3v) is 3.14. The van der Waals surface area contributed by atoms with Gasteiger partial charge in [0.2, 0.25) is 0 Å². The van der Waals surface area contributed by atoms with Gasteiger partial charge in [-0.15, -0.1) is 0 Å². The lowest BCUT2D eigenvalue weighted by molar-refractivity contribution is 0.538. The molecule has 3 rings (SSSR count). The number of hydrogen-bond donors (Lipinski definition) is 2. The number of benzene rings is 1. The molecule has 20 heavy (non-hydrogen) atoms. The summed E-state index contributed by atoms with van der Waals surface area (Å²) in [6.07, 6.45) is 4.43. The molecular weight excluding hydrogens is 250 g/mol. The highest BCUT2D eigenvalue weighted by Crippen LogP contribution is 2.26. The molecule has 2 heterocycles. The molecule has 0 aliphatic carbocycles. The van der Waals surface area contributed by atoms with Crippen LogP contribution in [0.25, 0.3) is 11.3 Å². The molecule has 0 radical (unpaired) electrons. The zero-order chi connectivity index (χ0) is 13.8. The highest BCUT2D eigenvalue weighted by Gasteiger charge is 2.20. The predicted molar refractivity (Wildman–Crippen MR) is 80.6 cm³/mol. The van der Waals surface area contributed by atoms with E-state index in [0.29, 0.717) is 0 Å². The number of anilines is 1. The molecule has 1 aromatic heterocycles. The summed E-state index contributed by atoms with van der Waals surface area (Å²) in [5.41, 5.74) is 2.77. The van der Waals surface area contributed by atoms with Crippen LogP contribution >= 0.6 is 0 Å². The molecule has 5 heteroatoms. The Morgan fingerprint density at radius 2 is 2.10 bits per heavy atom. The Hall–Kier alpha value is -2.27. The highest BCUT2D eigenvalue weighted by molar-refractivity contribution is 5.78. The van der Waals surface area contributed by atoms with Crippen molar-refractivity contribution in [2.45, 2.75) is 19.5 Å². The zero-order valence-electron chi connectivity index (χ0n) is 11.4. The van der Waals surface area contributed by atoms with E-state index in [1.165, 1.54) is 0 Å². The van der Waals surface area contributed by atoms with Crippen molar-refractivity contribution in [3.8, 4) is 11.3 Å². The number of rotatable bonds is 4. The van der Waals surface area contributed by atoms with Gasteiger partial charge in [0.1, 0.15) is 11.9 Å². The van der Waals surface area contributed by atoms with E-state index in [1.807, 2.05) is 30.3 Å². The van der Waals surface area contributed by atoms with Gasteiger partial charge >= 0.3 is 0 Å². The maximum atomic E-state index is 4.64. The fourth-order valence-electron chi connectivity index (χ4n) is 2.13. The van der Waals surface area contributed by atoms with Crippen molar-refractivity contribution in [1.82, 2.24) is 15.3 Å². The Bertz CT molecular complexity index is 609. The van der Waals surface area contributed by atoms with Crippen molar-refractivity contribution >= 4 is 12.2 Å². The normalized spacial score (nSPS) is 16.6. The maximum absolute atomic E-state index is 4.64. The Labute approximate surface area is 118 Å². The summed E-state index contributed by atoms with van der Waals surface area (Å²) < 4.78 is 0. The minimum atomic E-state index is -0.108. The van der Waals surface area contributed by atoms with E-state index in [1.54, 1.807) is 12.5 Å². The van der Waals surface area contributed by atoms with Crippen molar-refractivity contribution in [2.75, 3.05) is 11.9 Å². The van der Waals surface area contributed by atoms with Gasteiger partial charge in [-0.25, -0.2) is 9.98 Å². The first-order valence-electron chi connectivity index (χ1n) is 6.82. The Kier molecular flexibility index (Phi) is 3.69. The van der Waals surface area contributed by atoms with Crippen LogP contribution in [0.5, 0.6) is 0 Å². The van der Waals surface area contributed by atoms with E-state index in [9.17, 15) is 0 Å². The molecule has 0 saturated carbocycles. The predicted octanol–water partition coefficient (Wildman–Crippen LogP) is 2.60. The second kappa shape index (κ2) is 5.79. The number of fused-ring (bicyclic) bond motifs is 1. The van der Waals surface area contributed by atoms with Gasteiger partial charge in [-0.1, -0.05) is 37.3 Å². The topological polar surface area (TPSA) is 62.2 Å². The third kappa shape index (κ3) is 2.53. The molecule has 1 aliphatic rings. The zero-order valence-corrected chi connectivity index (χ0v) is 11.4. The monoisotopic (exact) mass is 267 g/mol. The van der Waals surface area contributed by atoms with Gasteiger partial charge < -0.3 is 5.32 Å². The SMILES string of the molecule is CCCNC1N=CNc2nc(-c3ccccc3)cnc21. The quantitative estimate of drug-likeness (QED) is 0.893. The largest absolute Gasteiger partial charge is 0.330 e. The number of nitrogens with zero attached hydrogens (tertiary/aromatic N) is 3. The number of nitrogens with one attached hydrogen (secondary N) is 2. The highest BCUT2D eigenvalue weighted by atomic mass is 15.2. The number of hydrogen-bond acceptors (Lipinski definition) is 5. The van der Waals surface area contributed by atoms with Gasteiger partial charge in [-0.05, 0) is 13.0 Å². The lowest BCUT2D eigenvalue weighted by Gasteiger charge is -2.20. The van der Waals surface area contributed by atoms with Gasteiger partial charge in [-0.3, -0.25) is 10.3 Å². The summed E-state index contributed by atoms with van der Waals surface area (Å²) in [4.78, 5) is 13.5. The molecule has 0 amide bonds. The molecule has 0 bridgehead atoms. The summed E-state index contributed by atoms with van der Waals surface area (Å²) in [6, 6.07) is 10.0. The molecule has 102 valence electrons. The standard InChI is InChI=1S/C15H17N5/c1-2-8-16-14-13-15(19-10-18-14)20-12(9-17-13)11-6-4-3-5-7-11/h3-7,9-10,14,16H,2,8H2,1H3,(H,18,19,20). The molecule has 0 fully saturated rings. The van der Waals surface area contributed by atoms with Crippen LogP contribution in [0.1, 0.15) is 25.2 Å². The van der Waals surface area contributed by atoms with Crippen molar-refractivity contribution in [3.63, 3.8) is 0 Å². The lowest BCUT2D eigenvalue weighted by Crippen LogP contribution is -2.26. The molecule has 0 spiro atoms. The maximum Gasteiger partial charge on any atom is 0.157 e. The van der Waals surface area contributed by atoms with E-state index in [4.69, 9.17) is 0 Å². The second-order valence-corrected chi connectivity index (χ2v) is 4.63. The molecule has 1 aromatic carbocycles. The van der Waals surface area contributed by atoms with Gasteiger partial charge in [0.15, 0.2) is 5.82 Å². The Morgan fingerprint density at radius 3 is 2.90 bits per heavy atom. The molecule has 1 aliphatic heterocycles. The van der Waals surface area contributed by atoms with Crippen molar-refractivity contribution < 1.29 is 0 Å². The molecule has 1 atom stereocenters. The van der Waals surface area contributed by atoms with Crippen LogP contribution in [0.4, 0.5) is 5.82 Å². The first-order valence-corrected chi connectivity index (χ1v) is 6.82. The average molecular weight is 267 g/mol. The Balaban J connectivity index is 1.91. The molecule has 1 unspecified atom stereocenters. The second-order valence-electron chi connectivity index (χ2n) is 4.63. The van der Waals surface area contributed by atoms with Crippen LogP contribution in [-0.2, 0) is 0 Å². The minimum Gasteiger partial charge on any atom is -0.330 e. The fraction of sp³-hybridized carbons (Fsp3) is 0.267. The van der Waals surface area contributed by atoms with Crippen LogP contribution in [0.15, 0.2) is 41.5 Å². The summed E-state index contributed by atoms with van der Waals surface area (Å²) in [7, 11) is 0. The van der Waals surface area contributed by atoms with E-state index in [-0.39, 0.29) is 6.17 Å². The van der Waals surface area contributed by atoms with E-state index >= 15 is 0 Å². The van der Waals surface area contributed by atoms with Gasteiger partial charge in [0.05, 0.1) is 18.2 Å². The van der Waals surface area contributed by atoms with E-state index in [2.05, 4.69) is 32.5 Å². The first kappa shape index (κ1) is 12.7. The van der Waals surface area contributed by atoms with E-state index < -0.39 is 0 Å². The fourth-order valence-corrected chi connectivity index (χ4v) is 2.13. The van der Waals surface area contributed by atoms with Crippen LogP contribution in [0.3, 0.4) is 0 Å².